The van der Waals surface area contributed by atoms with E-state index < -0.39 is 0 Å². The number of amides is 2. The number of nitrogens with zero attached hydrogens (tertiary/aromatic N) is 1. The lowest BCUT2D eigenvalue weighted by Gasteiger charge is -2.31. The van der Waals surface area contributed by atoms with Gasteiger partial charge in [-0.15, -0.1) is 0 Å². The largest absolute Gasteiger partial charge is 0.492 e. The summed E-state index contributed by atoms with van der Waals surface area (Å²) in [7, 11) is 0. The Morgan fingerprint density at radius 2 is 1.68 bits per heavy atom. The average Bonchev–Trinajstić information content (AvgIpc) is 3.71. The van der Waals surface area contributed by atoms with Crippen LogP contribution in [0, 0.1) is 5.92 Å². The van der Waals surface area contributed by atoms with E-state index in [0.717, 1.165) is 37.2 Å². The molecule has 0 radical (unpaired) electrons. The maximum atomic E-state index is 13.0. The van der Waals surface area contributed by atoms with E-state index in [2.05, 4.69) is 15.5 Å². The molecule has 0 aromatic heterocycles. The summed E-state index contributed by atoms with van der Waals surface area (Å²) >= 11 is 0. The molecular formula is C26H33N3O5. The van der Waals surface area contributed by atoms with Crippen molar-refractivity contribution >= 4 is 23.2 Å². The highest BCUT2D eigenvalue weighted by molar-refractivity contribution is 6.05. The molecule has 1 heterocycles. The van der Waals surface area contributed by atoms with E-state index in [-0.39, 0.29) is 17.7 Å². The number of nitrogens with one attached hydrogen (secondary N) is 2. The van der Waals surface area contributed by atoms with Crippen LogP contribution < -0.4 is 25.0 Å². The van der Waals surface area contributed by atoms with Crippen LogP contribution in [-0.4, -0.2) is 51.3 Å². The molecule has 182 valence electrons. The third-order valence-corrected chi connectivity index (χ3v) is 5.89. The summed E-state index contributed by atoms with van der Waals surface area (Å²) in [6, 6.07) is 11.0. The molecule has 2 fully saturated rings. The van der Waals surface area contributed by atoms with Crippen LogP contribution >= 0.6 is 0 Å². The fourth-order valence-corrected chi connectivity index (χ4v) is 3.89. The maximum absolute atomic E-state index is 13.0. The van der Waals surface area contributed by atoms with Gasteiger partial charge >= 0.3 is 0 Å². The van der Waals surface area contributed by atoms with Gasteiger partial charge in [0.1, 0.15) is 11.5 Å². The monoisotopic (exact) mass is 467 g/mol. The lowest BCUT2D eigenvalue weighted by Crippen LogP contribution is -2.36. The van der Waals surface area contributed by atoms with Crippen molar-refractivity contribution in [1.29, 1.82) is 0 Å². The first-order valence-electron chi connectivity index (χ1n) is 12.0. The Balaban J connectivity index is 1.49. The zero-order chi connectivity index (χ0) is 23.9. The van der Waals surface area contributed by atoms with Crippen LogP contribution in [0.15, 0.2) is 36.4 Å². The van der Waals surface area contributed by atoms with Crippen LogP contribution in [0.4, 0.5) is 11.4 Å². The Labute approximate surface area is 200 Å². The van der Waals surface area contributed by atoms with Crippen molar-refractivity contribution < 1.29 is 23.8 Å². The summed E-state index contributed by atoms with van der Waals surface area (Å²) < 4.78 is 17.3. The van der Waals surface area contributed by atoms with E-state index in [1.54, 1.807) is 12.1 Å². The predicted molar refractivity (Wildman–Crippen MR) is 131 cm³/mol. The van der Waals surface area contributed by atoms with Crippen molar-refractivity contribution in [2.45, 2.75) is 33.2 Å². The van der Waals surface area contributed by atoms with Gasteiger partial charge in [0.15, 0.2) is 0 Å². The Kier molecular flexibility index (Phi) is 7.90. The van der Waals surface area contributed by atoms with Crippen LogP contribution in [0.1, 0.15) is 42.6 Å². The highest BCUT2D eigenvalue weighted by atomic mass is 16.5. The topological polar surface area (TPSA) is 89.1 Å². The minimum Gasteiger partial charge on any atom is -0.492 e. The van der Waals surface area contributed by atoms with Gasteiger partial charge in [0.05, 0.1) is 37.8 Å². The first-order valence-corrected chi connectivity index (χ1v) is 12.0. The van der Waals surface area contributed by atoms with Crippen molar-refractivity contribution in [3.63, 3.8) is 0 Å². The molecule has 0 unspecified atom stereocenters. The van der Waals surface area contributed by atoms with Crippen LogP contribution in [0.2, 0.25) is 0 Å². The fourth-order valence-electron chi connectivity index (χ4n) is 3.89. The molecule has 2 aliphatic rings. The molecule has 8 heteroatoms. The number of rotatable bonds is 10. The summed E-state index contributed by atoms with van der Waals surface area (Å²) in [5.74, 6) is 1.35. The normalized spacial score (nSPS) is 15.5. The molecule has 2 aromatic rings. The minimum atomic E-state index is -0.240. The van der Waals surface area contributed by atoms with E-state index in [9.17, 15) is 9.59 Å². The van der Waals surface area contributed by atoms with E-state index in [0.29, 0.717) is 55.7 Å². The standard InChI is InChI=1S/C26H33N3O5/c1-3-33-23-16-22(29-11-13-32-14-12-29)24(34-4-2)15-21(23)28-26(31)20-7-5-18(6-8-20)17-27-25(30)19-9-10-19/h5-8,15-16,19H,3-4,9-14,17H2,1-2H3,(H,27,30)(H,28,31). The number of carbonyl (C=O) groups is 2. The number of morpholine rings is 1. The summed E-state index contributed by atoms with van der Waals surface area (Å²) in [4.78, 5) is 27.0. The Morgan fingerprint density at radius 3 is 2.32 bits per heavy atom. The van der Waals surface area contributed by atoms with Crippen molar-refractivity contribution in [3.8, 4) is 11.5 Å². The molecule has 0 spiro atoms. The number of hydrogen-bond donors (Lipinski definition) is 2. The summed E-state index contributed by atoms with van der Waals surface area (Å²) in [6.45, 7) is 8.16. The third kappa shape index (κ3) is 5.99. The molecule has 2 amide bonds. The van der Waals surface area contributed by atoms with E-state index in [1.807, 2.05) is 38.1 Å². The highest BCUT2D eigenvalue weighted by Gasteiger charge is 2.29. The van der Waals surface area contributed by atoms with Gasteiger partial charge in [0, 0.05) is 43.2 Å². The van der Waals surface area contributed by atoms with Gasteiger partial charge in [0.25, 0.3) is 5.91 Å². The molecule has 0 atom stereocenters. The molecule has 2 aromatic carbocycles. The molecule has 1 aliphatic heterocycles. The van der Waals surface area contributed by atoms with Crippen LogP contribution in [0.5, 0.6) is 11.5 Å². The Bertz CT molecular complexity index is 998. The van der Waals surface area contributed by atoms with Gasteiger partial charge in [-0.1, -0.05) is 12.1 Å². The quantitative estimate of drug-likeness (QED) is 0.555. The Morgan fingerprint density at radius 1 is 1.00 bits per heavy atom. The lowest BCUT2D eigenvalue weighted by atomic mass is 10.1. The molecule has 1 aliphatic carbocycles. The second-order valence-corrected chi connectivity index (χ2v) is 8.42. The van der Waals surface area contributed by atoms with Crippen LogP contribution in [-0.2, 0) is 16.1 Å². The van der Waals surface area contributed by atoms with Gasteiger partial charge in [-0.05, 0) is 44.4 Å². The fraction of sp³-hybridized carbons (Fsp3) is 0.462. The number of hydrogen-bond acceptors (Lipinski definition) is 6. The van der Waals surface area contributed by atoms with E-state index in [4.69, 9.17) is 14.2 Å². The first-order chi connectivity index (χ1) is 16.6. The number of carbonyl (C=O) groups excluding carboxylic acids is 2. The van der Waals surface area contributed by atoms with E-state index >= 15 is 0 Å². The molecule has 34 heavy (non-hydrogen) atoms. The summed E-state index contributed by atoms with van der Waals surface area (Å²) in [6.07, 6.45) is 1.96. The van der Waals surface area contributed by atoms with Gasteiger partial charge in [-0.25, -0.2) is 0 Å². The van der Waals surface area contributed by atoms with Crippen molar-refractivity contribution in [3.05, 3.63) is 47.5 Å². The van der Waals surface area contributed by atoms with Gasteiger partial charge in [-0.2, -0.15) is 0 Å². The Hall–Kier alpha value is -3.26. The van der Waals surface area contributed by atoms with E-state index in [1.165, 1.54) is 0 Å². The summed E-state index contributed by atoms with van der Waals surface area (Å²) in [5, 5.41) is 5.92. The SMILES string of the molecule is CCOc1cc(N2CCOCC2)c(OCC)cc1NC(=O)c1ccc(CNC(=O)C2CC2)cc1. The molecule has 2 N–H and O–H groups in total. The van der Waals surface area contributed by atoms with Crippen molar-refractivity contribution in [2.24, 2.45) is 5.92 Å². The van der Waals surface area contributed by atoms with Gasteiger partial charge < -0.3 is 29.7 Å². The molecule has 4 rings (SSSR count). The summed E-state index contributed by atoms with van der Waals surface area (Å²) in [5.41, 5.74) is 2.97. The van der Waals surface area contributed by atoms with Gasteiger partial charge in [0.2, 0.25) is 5.91 Å². The zero-order valence-electron chi connectivity index (χ0n) is 19.9. The molecule has 0 bridgehead atoms. The van der Waals surface area contributed by atoms with Crippen molar-refractivity contribution in [2.75, 3.05) is 49.7 Å². The average molecular weight is 468 g/mol. The number of anilines is 2. The zero-order valence-corrected chi connectivity index (χ0v) is 19.9. The highest BCUT2D eigenvalue weighted by Crippen LogP contribution is 2.39. The first kappa shape index (κ1) is 23.9. The van der Waals surface area contributed by atoms with Crippen molar-refractivity contribution in [1.82, 2.24) is 5.32 Å². The van der Waals surface area contributed by atoms with Crippen LogP contribution in [0.25, 0.3) is 0 Å². The third-order valence-electron chi connectivity index (χ3n) is 5.89. The predicted octanol–water partition coefficient (Wildman–Crippen LogP) is 3.60. The van der Waals surface area contributed by atoms with Crippen LogP contribution in [0.3, 0.4) is 0 Å². The molecular weight excluding hydrogens is 434 g/mol. The molecule has 1 saturated heterocycles. The van der Waals surface area contributed by atoms with Gasteiger partial charge in [-0.3, -0.25) is 9.59 Å². The second-order valence-electron chi connectivity index (χ2n) is 8.42. The minimum absolute atomic E-state index is 0.107. The maximum Gasteiger partial charge on any atom is 0.255 e. The smallest absolute Gasteiger partial charge is 0.255 e. The molecule has 1 saturated carbocycles. The number of ether oxygens (including phenoxy) is 3. The molecule has 8 nitrogen and oxygen atoms in total. The number of benzene rings is 2. The lowest BCUT2D eigenvalue weighted by molar-refractivity contribution is -0.122. The second kappa shape index (κ2) is 11.2.